The third-order valence-electron chi connectivity index (χ3n) is 3.36. The van der Waals surface area contributed by atoms with Crippen molar-refractivity contribution in [2.24, 2.45) is 0 Å². The van der Waals surface area contributed by atoms with Gasteiger partial charge in [0.25, 0.3) is 0 Å². The molecule has 0 aliphatic carbocycles. The number of ether oxygens (including phenoxy) is 3. The highest BCUT2D eigenvalue weighted by Gasteiger charge is 2.07. The van der Waals surface area contributed by atoms with Crippen LogP contribution in [0.25, 0.3) is 6.08 Å². The van der Waals surface area contributed by atoms with Crippen LogP contribution in [-0.2, 0) is 4.79 Å². The third kappa shape index (κ3) is 5.28. The van der Waals surface area contributed by atoms with Crippen LogP contribution in [0, 0.1) is 0 Å². The van der Waals surface area contributed by atoms with Crippen LogP contribution in [0.5, 0.6) is 17.2 Å². The molecule has 25 heavy (non-hydrogen) atoms. The van der Waals surface area contributed by atoms with E-state index < -0.39 is 0 Å². The number of methoxy groups -OCH3 is 1. The highest BCUT2D eigenvalue weighted by molar-refractivity contribution is 6.02. The lowest BCUT2D eigenvalue weighted by Gasteiger charge is -2.12. The van der Waals surface area contributed by atoms with Crippen molar-refractivity contribution in [2.75, 3.05) is 25.6 Å². The number of benzene rings is 2. The Morgan fingerprint density at radius 2 is 1.72 bits per heavy atom. The predicted molar refractivity (Wildman–Crippen MR) is 99.4 cm³/mol. The zero-order chi connectivity index (χ0) is 18.1. The summed E-state index contributed by atoms with van der Waals surface area (Å²) in [6.45, 7) is 4.88. The van der Waals surface area contributed by atoms with Gasteiger partial charge in [-0.25, -0.2) is 0 Å². The molecule has 0 spiro atoms. The van der Waals surface area contributed by atoms with E-state index in [1.165, 1.54) is 6.08 Å². The van der Waals surface area contributed by atoms with Gasteiger partial charge in [-0.2, -0.15) is 0 Å². The average molecular weight is 341 g/mol. The molecule has 5 nitrogen and oxygen atoms in total. The van der Waals surface area contributed by atoms with Gasteiger partial charge < -0.3 is 19.5 Å². The minimum Gasteiger partial charge on any atom is -0.496 e. The van der Waals surface area contributed by atoms with Crippen molar-refractivity contribution in [3.05, 3.63) is 54.1 Å². The van der Waals surface area contributed by atoms with Gasteiger partial charge in [-0.05, 0) is 38.1 Å². The summed E-state index contributed by atoms with van der Waals surface area (Å²) in [6.07, 6.45) is 3.18. The lowest BCUT2D eigenvalue weighted by atomic mass is 10.2. The lowest BCUT2D eigenvalue weighted by Crippen LogP contribution is -2.08. The van der Waals surface area contributed by atoms with E-state index in [1.807, 2.05) is 38.1 Å². The van der Waals surface area contributed by atoms with Gasteiger partial charge in [-0.1, -0.05) is 18.2 Å². The number of nitrogens with one attached hydrogen (secondary N) is 1. The summed E-state index contributed by atoms with van der Waals surface area (Å²) in [4.78, 5) is 12.2. The molecule has 0 bridgehead atoms. The number of carbonyl (C=O) groups excluding carboxylic acids is 1. The van der Waals surface area contributed by atoms with E-state index in [9.17, 15) is 4.79 Å². The van der Waals surface area contributed by atoms with Crippen LogP contribution in [0.15, 0.2) is 48.5 Å². The molecule has 0 radical (unpaired) electrons. The van der Waals surface area contributed by atoms with E-state index in [1.54, 1.807) is 31.4 Å². The van der Waals surface area contributed by atoms with Crippen LogP contribution in [-0.4, -0.2) is 26.2 Å². The van der Waals surface area contributed by atoms with Crippen LogP contribution in [0.1, 0.15) is 19.4 Å². The Labute approximate surface area is 148 Å². The van der Waals surface area contributed by atoms with E-state index in [-0.39, 0.29) is 5.91 Å². The highest BCUT2D eigenvalue weighted by atomic mass is 16.5. The maximum absolute atomic E-state index is 12.2. The number of rotatable bonds is 8. The predicted octanol–water partition coefficient (Wildman–Crippen LogP) is 4.14. The van der Waals surface area contributed by atoms with Gasteiger partial charge in [-0.15, -0.1) is 0 Å². The fourth-order valence-electron chi connectivity index (χ4n) is 2.28. The Kier molecular flexibility index (Phi) is 6.89. The Hall–Kier alpha value is -2.95. The van der Waals surface area contributed by atoms with E-state index in [0.29, 0.717) is 36.1 Å². The first-order chi connectivity index (χ1) is 12.2. The first-order valence-corrected chi connectivity index (χ1v) is 8.19. The monoisotopic (exact) mass is 341 g/mol. The van der Waals surface area contributed by atoms with Crippen LogP contribution < -0.4 is 19.5 Å². The average Bonchev–Trinajstić information content (AvgIpc) is 2.62. The topological polar surface area (TPSA) is 56.8 Å². The number of anilines is 1. The van der Waals surface area contributed by atoms with E-state index in [4.69, 9.17) is 14.2 Å². The van der Waals surface area contributed by atoms with Gasteiger partial charge in [0, 0.05) is 23.4 Å². The molecular weight excluding hydrogens is 318 g/mol. The molecule has 0 aromatic heterocycles. The number of para-hydroxylation sites is 1. The zero-order valence-electron chi connectivity index (χ0n) is 14.7. The van der Waals surface area contributed by atoms with Crippen molar-refractivity contribution in [3.8, 4) is 17.2 Å². The van der Waals surface area contributed by atoms with Gasteiger partial charge in [0.2, 0.25) is 5.91 Å². The summed E-state index contributed by atoms with van der Waals surface area (Å²) in [5, 5.41) is 2.82. The third-order valence-corrected chi connectivity index (χ3v) is 3.36. The van der Waals surface area contributed by atoms with Gasteiger partial charge >= 0.3 is 0 Å². The van der Waals surface area contributed by atoms with E-state index >= 15 is 0 Å². The molecule has 1 amide bonds. The molecule has 2 aromatic carbocycles. The van der Waals surface area contributed by atoms with Crippen LogP contribution in [0.3, 0.4) is 0 Å². The minimum atomic E-state index is -0.238. The first-order valence-electron chi connectivity index (χ1n) is 8.19. The van der Waals surface area contributed by atoms with Gasteiger partial charge in [0.05, 0.1) is 20.3 Å². The van der Waals surface area contributed by atoms with Crippen molar-refractivity contribution in [1.29, 1.82) is 0 Å². The highest BCUT2D eigenvalue weighted by Crippen LogP contribution is 2.30. The largest absolute Gasteiger partial charge is 0.496 e. The number of hydrogen-bond acceptors (Lipinski definition) is 4. The molecule has 1 N–H and O–H groups in total. The molecule has 5 heteroatoms. The van der Waals surface area contributed by atoms with Crippen LogP contribution in [0.2, 0.25) is 0 Å². The second-order valence-corrected chi connectivity index (χ2v) is 5.09. The molecule has 0 saturated heterocycles. The maximum atomic E-state index is 12.2. The Morgan fingerprint density at radius 1 is 1.00 bits per heavy atom. The van der Waals surface area contributed by atoms with Crippen LogP contribution in [0.4, 0.5) is 5.69 Å². The Bertz CT molecular complexity index is 740. The standard InChI is InChI=1S/C20H23NO4/c1-4-24-18-12-11-16(14-19(18)25-5-2)21-20(22)13-10-15-8-6-7-9-17(15)23-3/h6-14H,4-5H2,1-3H3,(H,21,22)/b13-10+. The molecule has 0 aliphatic heterocycles. The van der Waals surface area contributed by atoms with Crippen molar-refractivity contribution in [2.45, 2.75) is 13.8 Å². The van der Waals surface area contributed by atoms with Gasteiger partial charge in [0.15, 0.2) is 11.5 Å². The molecular formula is C20H23NO4. The second-order valence-electron chi connectivity index (χ2n) is 5.09. The number of amides is 1. The zero-order valence-corrected chi connectivity index (χ0v) is 14.7. The van der Waals surface area contributed by atoms with Gasteiger partial charge in [0.1, 0.15) is 5.75 Å². The summed E-state index contributed by atoms with van der Waals surface area (Å²) in [5.41, 5.74) is 1.48. The van der Waals surface area contributed by atoms with Crippen molar-refractivity contribution in [3.63, 3.8) is 0 Å². The van der Waals surface area contributed by atoms with E-state index in [0.717, 1.165) is 5.56 Å². The number of carbonyl (C=O) groups is 1. The second kappa shape index (κ2) is 9.37. The van der Waals surface area contributed by atoms with Crippen LogP contribution >= 0.6 is 0 Å². The molecule has 0 heterocycles. The fraction of sp³-hybridized carbons (Fsp3) is 0.250. The SMILES string of the molecule is CCOc1ccc(NC(=O)/C=C/c2ccccc2OC)cc1OCC. The smallest absolute Gasteiger partial charge is 0.248 e. The van der Waals surface area contributed by atoms with E-state index in [2.05, 4.69) is 5.32 Å². The van der Waals surface area contributed by atoms with Gasteiger partial charge in [-0.3, -0.25) is 4.79 Å². The molecule has 0 saturated carbocycles. The lowest BCUT2D eigenvalue weighted by molar-refractivity contribution is -0.111. The molecule has 132 valence electrons. The number of hydrogen-bond donors (Lipinski definition) is 1. The minimum absolute atomic E-state index is 0.238. The summed E-state index contributed by atoms with van der Waals surface area (Å²) >= 11 is 0. The molecule has 2 rings (SSSR count). The summed E-state index contributed by atoms with van der Waals surface area (Å²) < 4.78 is 16.3. The summed E-state index contributed by atoms with van der Waals surface area (Å²) in [6, 6.07) is 12.8. The molecule has 0 unspecified atom stereocenters. The molecule has 0 aliphatic rings. The van der Waals surface area contributed by atoms with Crippen molar-refractivity contribution in [1.82, 2.24) is 0 Å². The molecule has 0 atom stereocenters. The van der Waals surface area contributed by atoms with Crippen molar-refractivity contribution >= 4 is 17.7 Å². The fourth-order valence-corrected chi connectivity index (χ4v) is 2.28. The Balaban J connectivity index is 2.09. The first kappa shape index (κ1) is 18.4. The quantitative estimate of drug-likeness (QED) is 0.733. The molecule has 2 aromatic rings. The molecule has 0 fully saturated rings. The maximum Gasteiger partial charge on any atom is 0.248 e. The van der Waals surface area contributed by atoms with Crippen molar-refractivity contribution < 1.29 is 19.0 Å². The summed E-state index contributed by atoms with van der Waals surface area (Å²) in [5.74, 6) is 1.74. The Morgan fingerprint density at radius 3 is 2.44 bits per heavy atom. The summed E-state index contributed by atoms with van der Waals surface area (Å²) in [7, 11) is 1.60. The normalized spacial score (nSPS) is 10.5.